The molecule has 0 saturated carbocycles. The van der Waals surface area contributed by atoms with Gasteiger partial charge < -0.3 is 5.32 Å². The Morgan fingerprint density at radius 2 is 2.10 bits per heavy atom. The second-order valence-corrected chi connectivity index (χ2v) is 5.48. The fourth-order valence-corrected chi connectivity index (χ4v) is 2.60. The first-order valence-electron chi connectivity index (χ1n) is 7.21. The van der Waals surface area contributed by atoms with Crippen LogP contribution in [0.2, 0.25) is 5.02 Å². The summed E-state index contributed by atoms with van der Waals surface area (Å²) in [6.45, 7) is 5.00. The molecular weight excluding hydrogens is 287 g/mol. The number of nitrogens with one attached hydrogen (secondary N) is 1. The van der Waals surface area contributed by atoms with E-state index in [1.807, 2.05) is 19.1 Å². The van der Waals surface area contributed by atoms with Crippen molar-refractivity contribution in [3.05, 3.63) is 64.2 Å². The van der Waals surface area contributed by atoms with Crippen LogP contribution in [0.5, 0.6) is 0 Å². The summed E-state index contributed by atoms with van der Waals surface area (Å²) in [5, 5.41) is 3.71. The number of nitrogens with zero attached hydrogens (tertiary/aromatic N) is 1. The van der Waals surface area contributed by atoms with Crippen LogP contribution in [0.3, 0.4) is 0 Å². The van der Waals surface area contributed by atoms with Crippen molar-refractivity contribution in [2.24, 2.45) is 0 Å². The highest BCUT2D eigenvalue weighted by atomic mass is 35.5. The molecule has 0 saturated heterocycles. The molecule has 0 radical (unpaired) electrons. The molecule has 0 amide bonds. The van der Waals surface area contributed by atoms with E-state index in [4.69, 9.17) is 11.6 Å². The molecule has 0 bridgehead atoms. The number of hydrogen-bond acceptors (Lipinski definition) is 2. The lowest BCUT2D eigenvalue weighted by atomic mass is 9.97. The molecule has 0 aliphatic heterocycles. The van der Waals surface area contributed by atoms with Crippen LogP contribution in [0.25, 0.3) is 0 Å². The van der Waals surface area contributed by atoms with Crippen molar-refractivity contribution in [3.8, 4) is 0 Å². The van der Waals surface area contributed by atoms with Crippen LogP contribution in [0.1, 0.15) is 36.2 Å². The average molecular weight is 307 g/mol. The van der Waals surface area contributed by atoms with Crippen LogP contribution in [0, 0.1) is 12.7 Å². The SMILES string of the molecule is CCCNC(Cc1cccc(F)c1Cl)c1cccnc1C. The molecule has 1 atom stereocenters. The molecule has 0 aliphatic rings. The Bertz CT molecular complexity index is 601. The predicted molar refractivity (Wildman–Crippen MR) is 85.1 cm³/mol. The Hall–Kier alpha value is -1.45. The standard InChI is InChI=1S/C17H20ClFN2/c1-3-9-21-16(14-7-5-10-20-12(14)2)11-13-6-4-8-15(19)17(13)18/h4-8,10,16,21H,3,9,11H2,1-2H3. The Morgan fingerprint density at radius 3 is 2.81 bits per heavy atom. The lowest BCUT2D eigenvalue weighted by Crippen LogP contribution is -2.25. The third-order valence-corrected chi connectivity index (χ3v) is 3.94. The molecule has 21 heavy (non-hydrogen) atoms. The third kappa shape index (κ3) is 4.02. The van der Waals surface area contributed by atoms with Crippen molar-refractivity contribution in [1.82, 2.24) is 10.3 Å². The molecule has 112 valence electrons. The lowest BCUT2D eigenvalue weighted by Gasteiger charge is -2.21. The molecule has 2 nitrogen and oxygen atoms in total. The zero-order valence-corrected chi connectivity index (χ0v) is 13.1. The maximum atomic E-state index is 13.6. The summed E-state index contributed by atoms with van der Waals surface area (Å²) in [5.41, 5.74) is 2.93. The Labute approximate surface area is 130 Å². The number of aromatic nitrogens is 1. The first kappa shape index (κ1) is 15.9. The zero-order valence-electron chi connectivity index (χ0n) is 12.4. The van der Waals surface area contributed by atoms with E-state index >= 15 is 0 Å². The smallest absolute Gasteiger partial charge is 0.142 e. The highest BCUT2D eigenvalue weighted by molar-refractivity contribution is 6.31. The maximum absolute atomic E-state index is 13.6. The van der Waals surface area contributed by atoms with Crippen molar-refractivity contribution >= 4 is 11.6 Å². The minimum atomic E-state index is -0.369. The topological polar surface area (TPSA) is 24.9 Å². The van der Waals surface area contributed by atoms with Gasteiger partial charge in [0.25, 0.3) is 0 Å². The highest BCUT2D eigenvalue weighted by Crippen LogP contribution is 2.26. The summed E-state index contributed by atoms with van der Waals surface area (Å²) in [6, 6.07) is 9.02. The van der Waals surface area contributed by atoms with Crippen LogP contribution in [0.15, 0.2) is 36.5 Å². The molecule has 1 unspecified atom stereocenters. The fraction of sp³-hybridized carbons (Fsp3) is 0.353. The number of aryl methyl sites for hydroxylation is 1. The zero-order chi connectivity index (χ0) is 15.2. The van der Waals surface area contributed by atoms with Crippen molar-refractivity contribution in [3.63, 3.8) is 0 Å². The van der Waals surface area contributed by atoms with Crippen LogP contribution in [-0.4, -0.2) is 11.5 Å². The van der Waals surface area contributed by atoms with Crippen molar-refractivity contribution in [2.45, 2.75) is 32.7 Å². The van der Waals surface area contributed by atoms with Crippen LogP contribution in [-0.2, 0) is 6.42 Å². The summed E-state index contributed by atoms with van der Waals surface area (Å²) in [5.74, 6) is -0.369. The number of pyridine rings is 1. The van der Waals surface area contributed by atoms with Crippen LogP contribution in [0.4, 0.5) is 4.39 Å². The number of benzene rings is 1. The second-order valence-electron chi connectivity index (χ2n) is 5.10. The van der Waals surface area contributed by atoms with Crippen LogP contribution < -0.4 is 5.32 Å². The van der Waals surface area contributed by atoms with Gasteiger partial charge in [0.2, 0.25) is 0 Å². The summed E-state index contributed by atoms with van der Waals surface area (Å²) < 4.78 is 13.6. The van der Waals surface area contributed by atoms with Gasteiger partial charge in [-0.2, -0.15) is 0 Å². The van der Waals surface area contributed by atoms with E-state index in [9.17, 15) is 4.39 Å². The maximum Gasteiger partial charge on any atom is 0.142 e. The van der Waals surface area contributed by atoms with Gasteiger partial charge in [0, 0.05) is 17.9 Å². The molecule has 1 N–H and O–H groups in total. The van der Waals surface area contributed by atoms with Gasteiger partial charge in [0.05, 0.1) is 5.02 Å². The monoisotopic (exact) mass is 306 g/mol. The van der Waals surface area contributed by atoms with E-state index in [2.05, 4.69) is 23.3 Å². The van der Waals surface area contributed by atoms with Gasteiger partial charge in [-0.1, -0.05) is 36.7 Å². The Balaban J connectivity index is 2.28. The van der Waals surface area contributed by atoms with E-state index < -0.39 is 0 Å². The molecule has 1 aromatic heterocycles. The van der Waals surface area contributed by atoms with Gasteiger partial charge >= 0.3 is 0 Å². The average Bonchev–Trinajstić information content (AvgIpc) is 2.48. The molecule has 2 rings (SSSR count). The lowest BCUT2D eigenvalue weighted by molar-refractivity contribution is 0.523. The van der Waals surface area contributed by atoms with Gasteiger partial charge in [-0.05, 0) is 49.6 Å². The second kappa shape index (κ2) is 7.53. The normalized spacial score (nSPS) is 12.4. The molecule has 1 aromatic carbocycles. The minimum absolute atomic E-state index is 0.0814. The number of hydrogen-bond donors (Lipinski definition) is 1. The van der Waals surface area contributed by atoms with Gasteiger partial charge in [-0.25, -0.2) is 4.39 Å². The summed E-state index contributed by atoms with van der Waals surface area (Å²) in [7, 11) is 0. The summed E-state index contributed by atoms with van der Waals surface area (Å²) in [4.78, 5) is 4.34. The molecule has 0 fully saturated rings. The van der Waals surface area contributed by atoms with E-state index in [1.54, 1.807) is 12.3 Å². The summed E-state index contributed by atoms with van der Waals surface area (Å²) >= 11 is 6.08. The van der Waals surface area contributed by atoms with Crippen LogP contribution >= 0.6 is 11.6 Å². The van der Waals surface area contributed by atoms with Gasteiger partial charge in [0.15, 0.2) is 0 Å². The van der Waals surface area contributed by atoms with Crippen molar-refractivity contribution < 1.29 is 4.39 Å². The van der Waals surface area contributed by atoms with E-state index in [0.29, 0.717) is 6.42 Å². The Morgan fingerprint density at radius 1 is 1.29 bits per heavy atom. The number of rotatable bonds is 6. The quantitative estimate of drug-likeness (QED) is 0.852. The molecule has 1 heterocycles. The van der Waals surface area contributed by atoms with E-state index in [-0.39, 0.29) is 16.9 Å². The molecular formula is C17H20ClFN2. The number of halogens is 2. The van der Waals surface area contributed by atoms with Crippen molar-refractivity contribution in [2.75, 3.05) is 6.54 Å². The summed E-state index contributed by atoms with van der Waals surface area (Å²) in [6.07, 6.45) is 3.46. The predicted octanol–water partition coefficient (Wildman–Crippen LogP) is 4.47. The first-order valence-corrected chi connectivity index (χ1v) is 7.59. The molecule has 4 heteroatoms. The fourth-order valence-electron chi connectivity index (χ4n) is 2.40. The van der Waals surface area contributed by atoms with Gasteiger partial charge in [0.1, 0.15) is 5.82 Å². The first-order chi connectivity index (χ1) is 10.1. The van der Waals surface area contributed by atoms with E-state index in [0.717, 1.165) is 29.8 Å². The largest absolute Gasteiger partial charge is 0.310 e. The minimum Gasteiger partial charge on any atom is -0.310 e. The molecule has 2 aromatic rings. The Kier molecular flexibility index (Phi) is 5.71. The van der Waals surface area contributed by atoms with Gasteiger partial charge in [-0.3, -0.25) is 4.98 Å². The molecule has 0 aliphatic carbocycles. The molecule has 0 spiro atoms. The van der Waals surface area contributed by atoms with Gasteiger partial charge in [-0.15, -0.1) is 0 Å². The van der Waals surface area contributed by atoms with Crippen molar-refractivity contribution in [1.29, 1.82) is 0 Å². The third-order valence-electron chi connectivity index (χ3n) is 3.52. The highest BCUT2D eigenvalue weighted by Gasteiger charge is 2.16. The van der Waals surface area contributed by atoms with E-state index in [1.165, 1.54) is 6.07 Å².